The van der Waals surface area contributed by atoms with E-state index in [1.807, 2.05) is 24.3 Å². The van der Waals surface area contributed by atoms with Gasteiger partial charge in [-0.1, -0.05) is 62.6 Å². The number of aromatic nitrogens is 1. The van der Waals surface area contributed by atoms with Crippen molar-refractivity contribution in [1.82, 2.24) is 4.57 Å². The molecule has 3 heterocycles. The average Bonchev–Trinajstić information content (AvgIpc) is 3.43. The van der Waals surface area contributed by atoms with Gasteiger partial charge in [0.25, 0.3) is 5.56 Å². The number of hydrogen-bond acceptors (Lipinski definition) is 6. The highest BCUT2D eigenvalue weighted by Gasteiger charge is 2.33. The number of nitrogens with zero attached hydrogens (tertiary/aromatic N) is 2. The van der Waals surface area contributed by atoms with E-state index in [9.17, 15) is 9.59 Å². The molecule has 1 aliphatic heterocycles. The largest absolute Gasteiger partial charge is 0.463 e. The Kier molecular flexibility index (Phi) is 7.27. The smallest absolute Gasteiger partial charge is 0.338 e. The Hall–Kier alpha value is -2.91. The second-order valence-electron chi connectivity index (χ2n) is 8.18. The molecule has 1 aliphatic rings. The average molecular weight is 618 g/mol. The van der Waals surface area contributed by atoms with Crippen LogP contribution in [-0.2, 0) is 9.53 Å². The van der Waals surface area contributed by atoms with Crippen LogP contribution >= 0.6 is 50.5 Å². The maximum absolute atomic E-state index is 13.7. The number of thiazole rings is 1. The Balaban J connectivity index is 1.63. The predicted molar refractivity (Wildman–Crippen MR) is 149 cm³/mol. The molecule has 0 saturated carbocycles. The first kappa shape index (κ1) is 25.7. The van der Waals surface area contributed by atoms with Gasteiger partial charge in [-0.05, 0) is 61.9 Å². The summed E-state index contributed by atoms with van der Waals surface area (Å²) in [5, 5.41) is 0.990. The van der Waals surface area contributed by atoms with Crippen LogP contribution in [0.4, 0.5) is 0 Å². The lowest BCUT2D eigenvalue weighted by molar-refractivity contribution is -0.139. The number of halogens is 3. The number of allylic oxidation sites excluding steroid dienone is 1. The zero-order valence-corrected chi connectivity index (χ0v) is 23.5. The summed E-state index contributed by atoms with van der Waals surface area (Å²) in [5.41, 5.74) is 2.02. The van der Waals surface area contributed by atoms with E-state index >= 15 is 0 Å². The van der Waals surface area contributed by atoms with Crippen molar-refractivity contribution in [3.05, 3.63) is 111 Å². The van der Waals surface area contributed by atoms with E-state index in [1.165, 1.54) is 11.3 Å². The van der Waals surface area contributed by atoms with Crippen molar-refractivity contribution in [3.8, 4) is 11.3 Å². The van der Waals surface area contributed by atoms with Gasteiger partial charge in [0.2, 0.25) is 0 Å². The van der Waals surface area contributed by atoms with Crippen LogP contribution in [-0.4, -0.2) is 17.1 Å². The maximum Gasteiger partial charge on any atom is 0.338 e. The van der Waals surface area contributed by atoms with Gasteiger partial charge < -0.3 is 9.15 Å². The predicted octanol–water partition coefficient (Wildman–Crippen LogP) is 6.13. The molecular formula is C27H19BrCl2N2O4S. The van der Waals surface area contributed by atoms with Crippen LogP contribution in [0, 0.1) is 0 Å². The third kappa shape index (κ3) is 4.99. The minimum atomic E-state index is -0.675. The minimum absolute atomic E-state index is 0.214. The van der Waals surface area contributed by atoms with E-state index in [0.29, 0.717) is 47.7 Å². The van der Waals surface area contributed by atoms with Crippen LogP contribution in [0.2, 0.25) is 10.0 Å². The lowest BCUT2D eigenvalue weighted by Gasteiger charge is -2.24. The van der Waals surface area contributed by atoms with Gasteiger partial charge in [-0.25, -0.2) is 9.79 Å². The summed E-state index contributed by atoms with van der Waals surface area (Å²) in [6, 6.07) is 15.5. The van der Waals surface area contributed by atoms with E-state index in [4.69, 9.17) is 32.4 Å². The van der Waals surface area contributed by atoms with Crippen LogP contribution in [0.3, 0.4) is 0 Å². The van der Waals surface area contributed by atoms with Crippen LogP contribution in [0.15, 0.2) is 84.5 Å². The Morgan fingerprint density at radius 3 is 2.65 bits per heavy atom. The molecule has 2 aromatic carbocycles. The van der Waals surface area contributed by atoms with E-state index < -0.39 is 12.0 Å². The van der Waals surface area contributed by atoms with Gasteiger partial charge in [-0.15, -0.1) is 0 Å². The zero-order chi connectivity index (χ0) is 26.3. The molecule has 0 unspecified atom stereocenters. The molecule has 0 N–H and O–H groups in total. The van der Waals surface area contributed by atoms with Crippen molar-refractivity contribution in [2.45, 2.75) is 19.9 Å². The van der Waals surface area contributed by atoms with Crippen molar-refractivity contribution in [2.24, 2.45) is 4.99 Å². The summed E-state index contributed by atoms with van der Waals surface area (Å²) in [7, 11) is 0. The molecule has 0 spiro atoms. The zero-order valence-electron chi connectivity index (χ0n) is 19.6. The first-order valence-corrected chi connectivity index (χ1v) is 13.6. The SMILES string of the molecule is CCOC(=O)C1=C(C)N=c2s/c(=C\c3ccc(-c4ccc(Cl)cc4Cl)o3)c(=O)n2[C@@H]1c1ccc(Br)cc1. The quantitative estimate of drug-likeness (QED) is 0.253. The lowest BCUT2D eigenvalue weighted by Crippen LogP contribution is -2.39. The van der Waals surface area contributed by atoms with Gasteiger partial charge in [-0.2, -0.15) is 0 Å². The summed E-state index contributed by atoms with van der Waals surface area (Å²) in [6.45, 7) is 3.71. The van der Waals surface area contributed by atoms with Gasteiger partial charge in [0.1, 0.15) is 11.5 Å². The molecule has 6 nitrogen and oxygen atoms in total. The molecule has 0 bridgehead atoms. The highest BCUT2D eigenvalue weighted by molar-refractivity contribution is 9.10. The summed E-state index contributed by atoms with van der Waals surface area (Å²) in [4.78, 5) is 31.7. The number of carbonyl (C=O) groups is 1. The van der Waals surface area contributed by atoms with Gasteiger partial charge in [0.05, 0.1) is 33.5 Å². The molecule has 188 valence electrons. The lowest BCUT2D eigenvalue weighted by atomic mass is 9.96. The van der Waals surface area contributed by atoms with Crippen molar-refractivity contribution in [2.75, 3.05) is 6.61 Å². The summed E-state index contributed by atoms with van der Waals surface area (Å²) in [5.74, 6) is 0.531. The molecule has 0 saturated heterocycles. The second-order valence-corrected chi connectivity index (χ2v) is 10.9. The van der Waals surface area contributed by atoms with Gasteiger partial charge in [0, 0.05) is 21.1 Å². The minimum Gasteiger partial charge on any atom is -0.463 e. The van der Waals surface area contributed by atoms with E-state index in [0.717, 1.165) is 10.0 Å². The molecular weight excluding hydrogens is 599 g/mol. The molecule has 5 rings (SSSR count). The summed E-state index contributed by atoms with van der Waals surface area (Å²) < 4.78 is 14.1. The number of carbonyl (C=O) groups excluding carboxylic acids is 1. The van der Waals surface area contributed by atoms with Crippen LogP contribution < -0.4 is 14.9 Å². The van der Waals surface area contributed by atoms with Crippen molar-refractivity contribution < 1.29 is 13.9 Å². The number of hydrogen-bond donors (Lipinski definition) is 0. The van der Waals surface area contributed by atoms with E-state index in [2.05, 4.69) is 20.9 Å². The Labute approximate surface area is 234 Å². The number of esters is 1. The monoisotopic (exact) mass is 616 g/mol. The molecule has 0 radical (unpaired) electrons. The summed E-state index contributed by atoms with van der Waals surface area (Å²) in [6.07, 6.45) is 1.67. The fraction of sp³-hybridized carbons (Fsp3) is 0.148. The summed E-state index contributed by atoms with van der Waals surface area (Å²) >= 11 is 17.0. The standard InChI is InChI=1S/C27H19BrCl2N2O4S/c1-3-35-26(34)23-14(2)31-27-32(24(23)15-4-6-16(28)7-5-15)25(33)22(37-27)13-18-9-11-21(36-18)19-10-8-17(29)12-20(19)30/h4-13,24H,3H2,1-2H3/b22-13-/t24-/m1/s1. The first-order chi connectivity index (χ1) is 17.8. The molecule has 10 heteroatoms. The fourth-order valence-electron chi connectivity index (χ4n) is 4.15. The fourth-order valence-corrected chi connectivity index (χ4v) is 5.94. The molecule has 0 amide bonds. The number of benzene rings is 2. The van der Waals surface area contributed by atoms with Crippen LogP contribution in [0.25, 0.3) is 17.4 Å². The third-order valence-electron chi connectivity index (χ3n) is 5.80. The topological polar surface area (TPSA) is 73.8 Å². The van der Waals surface area contributed by atoms with E-state index in [-0.39, 0.29) is 12.2 Å². The first-order valence-electron chi connectivity index (χ1n) is 11.3. The molecule has 4 aromatic rings. The molecule has 1 atom stereocenters. The van der Waals surface area contributed by atoms with Crippen molar-refractivity contribution in [1.29, 1.82) is 0 Å². The van der Waals surface area contributed by atoms with Gasteiger partial charge >= 0.3 is 5.97 Å². The number of furan rings is 1. The second kappa shape index (κ2) is 10.5. The van der Waals surface area contributed by atoms with Crippen molar-refractivity contribution >= 4 is 62.5 Å². The Bertz CT molecular complexity index is 1730. The number of ether oxygens (including phenoxy) is 1. The Morgan fingerprint density at radius 2 is 1.95 bits per heavy atom. The normalized spacial score (nSPS) is 15.5. The third-order valence-corrected chi connectivity index (χ3v) is 7.86. The molecule has 2 aromatic heterocycles. The number of rotatable bonds is 5. The van der Waals surface area contributed by atoms with E-state index in [1.54, 1.807) is 54.8 Å². The van der Waals surface area contributed by atoms with Crippen molar-refractivity contribution in [3.63, 3.8) is 0 Å². The maximum atomic E-state index is 13.7. The van der Waals surface area contributed by atoms with Gasteiger partial charge in [-0.3, -0.25) is 9.36 Å². The highest BCUT2D eigenvalue weighted by atomic mass is 79.9. The molecule has 37 heavy (non-hydrogen) atoms. The number of fused-ring (bicyclic) bond motifs is 1. The van der Waals surface area contributed by atoms with Crippen LogP contribution in [0.1, 0.15) is 31.2 Å². The van der Waals surface area contributed by atoms with Crippen LogP contribution in [0.5, 0.6) is 0 Å². The molecule has 0 aliphatic carbocycles. The van der Waals surface area contributed by atoms with Gasteiger partial charge in [0.15, 0.2) is 4.80 Å². The highest BCUT2D eigenvalue weighted by Crippen LogP contribution is 2.33. The Morgan fingerprint density at radius 1 is 1.19 bits per heavy atom. The molecule has 0 fully saturated rings.